The van der Waals surface area contributed by atoms with Gasteiger partial charge in [0.2, 0.25) is 0 Å². The van der Waals surface area contributed by atoms with Crippen molar-refractivity contribution >= 4 is 17.6 Å². The van der Waals surface area contributed by atoms with Crippen molar-refractivity contribution in [3.05, 3.63) is 64.7 Å². The third-order valence-electron chi connectivity index (χ3n) is 4.19. The molecule has 28 heavy (non-hydrogen) atoms. The first kappa shape index (κ1) is 27.8. The first-order chi connectivity index (χ1) is 13.3. The SMILES string of the molecule is C=C(/C(C)=C/C(C)=C(\C)CC)c1cc(C(C)=N/C=C(\C)C=O)c[nH]1.CC.CC. The maximum absolute atomic E-state index is 10.6. The number of H-pyrrole nitrogens is 1. The van der Waals surface area contributed by atoms with E-state index < -0.39 is 0 Å². The normalized spacial score (nSPS) is 12.9. The Labute approximate surface area is 173 Å². The van der Waals surface area contributed by atoms with Crippen LogP contribution in [0.1, 0.15) is 86.9 Å². The molecule has 0 spiro atoms. The van der Waals surface area contributed by atoms with E-state index in [0.29, 0.717) is 5.57 Å². The highest BCUT2D eigenvalue weighted by Gasteiger charge is 2.07. The minimum absolute atomic E-state index is 0.599. The van der Waals surface area contributed by atoms with Gasteiger partial charge in [-0.15, -0.1) is 0 Å². The molecule has 3 heteroatoms. The molecule has 3 nitrogen and oxygen atoms in total. The van der Waals surface area contributed by atoms with E-state index in [1.807, 2.05) is 46.9 Å². The third-order valence-corrected chi connectivity index (χ3v) is 4.19. The number of nitrogens with zero attached hydrogens (tertiary/aromatic N) is 1. The van der Waals surface area contributed by atoms with E-state index in [1.54, 1.807) is 13.1 Å². The van der Waals surface area contributed by atoms with Gasteiger partial charge in [0.25, 0.3) is 0 Å². The Kier molecular flexibility index (Phi) is 15.5. The number of aldehydes is 1. The lowest BCUT2D eigenvalue weighted by Gasteiger charge is -2.06. The zero-order valence-corrected chi connectivity index (χ0v) is 19.7. The predicted octanol–water partition coefficient (Wildman–Crippen LogP) is 7.68. The van der Waals surface area contributed by atoms with Crippen LogP contribution in [0.2, 0.25) is 0 Å². The number of hydrogen-bond acceptors (Lipinski definition) is 2. The Morgan fingerprint density at radius 2 is 1.68 bits per heavy atom. The summed E-state index contributed by atoms with van der Waals surface area (Å²) in [5.74, 6) is 0. The lowest BCUT2D eigenvalue weighted by molar-refractivity contribution is -0.104. The number of allylic oxidation sites excluding steroid dienone is 6. The molecule has 0 unspecified atom stereocenters. The quantitative estimate of drug-likeness (QED) is 0.223. The van der Waals surface area contributed by atoms with Gasteiger partial charge in [-0.25, -0.2) is 0 Å². The van der Waals surface area contributed by atoms with Crippen molar-refractivity contribution in [2.45, 2.75) is 75.7 Å². The fraction of sp³-hybridized carbons (Fsp3) is 0.440. The van der Waals surface area contributed by atoms with Crippen LogP contribution in [0.5, 0.6) is 0 Å². The highest BCUT2D eigenvalue weighted by atomic mass is 16.1. The van der Waals surface area contributed by atoms with Crippen molar-refractivity contribution < 1.29 is 4.79 Å². The summed E-state index contributed by atoms with van der Waals surface area (Å²) < 4.78 is 0. The number of aromatic nitrogens is 1. The molecule has 0 radical (unpaired) electrons. The molecule has 1 aromatic heterocycles. The summed E-state index contributed by atoms with van der Waals surface area (Å²) in [7, 11) is 0. The number of aliphatic imine (C=N–C) groups is 1. The Hall–Kier alpha value is -2.42. The van der Waals surface area contributed by atoms with Crippen molar-refractivity contribution in [1.82, 2.24) is 4.98 Å². The van der Waals surface area contributed by atoms with Gasteiger partial charge in [-0.3, -0.25) is 9.79 Å². The molecule has 1 aromatic rings. The van der Waals surface area contributed by atoms with Crippen molar-refractivity contribution in [3.8, 4) is 0 Å². The first-order valence-electron chi connectivity index (χ1n) is 10.2. The molecule has 0 aliphatic heterocycles. The molecule has 0 atom stereocenters. The number of aromatic amines is 1. The molecule has 0 amide bonds. The lowest BCUT2D eigenvalue weighted by Crippen LogP contribution is -1.91. The summed E-state index contributed by atoms with van der Waals surface area (Å²) in [6.45, 7) is 24.4. The summed E-state index contributed by atoms with van der Waals surface area (Å²) in [5, 5.41) is 0. The molecule has 0 aliphatic rings. The number of carbonyl (C=O) groups is 1. The monoisotopic (exact) mass is 384 g/mol. The van der Waals surface area contributed by atoms with Gasteiger partial charge < -0.3 is 4.98 Å². The first-order valence-corrected chi connectivity index (χ1v) is 10.2. The van der Waals surface area contributed by atoms with Gasteiger partial charge in [0, 0.05) is 34.9 Å². The van der Waals surface area contributed by atoms with Crippen LogP contribution >= 0.6 is 0 Å². The smallest absolute Gasteiger partial charge is 0.147 e. The molecule has 1 heterocycles. The van der Waals surface area contributed by atoms with Gasteiger partial charge in [0.05, 0.1) is 0 Å². The predicted molar refractivity (Wildman–Crippen MR) is 127 cm³/mol. The van der Waals surface area contributed by atoms with Crippen LogP contribution in [-0.4, -0.2) is 17.0 Å². The van der Waals surface area contributed by atoms with Crippen LogP contribution in [0, 0.1) is 0 Å². The molecule has 0 bridgehead atoms. The van der Waals surface area contributed by atoms with Crippen molar-refractivity contribution in [3.63, 3.8) is 0 Å². The van der Waals surface area contributed by atoms with E-state index in [9.17, 15) is 4.79 Å². The molecular formula is C25H40N2O. The molecule has 0 saturated carbocycles. The van der Waals surface area contributed by atoms with Gasteiger partial charge in [0.1, 0.15) is 6.29 Å². The van der Waals surface area contributed by atoms with Crippen LogP contribution in [-0.2, 0) is 4.79 Å². The van der Waals surface area contributed by atoms with Crippen LogP contribution in [0.15, 0.2) is 58.4 Å². The van der Waals surface area contributed by atoms with Crippen molar-refractivity contribution in [2.24, 2.45) is 4.99 Å². The van der Waals surface area contributed by atoms with E-state index in [1.165, 1.54) is 11.1 Å². The van der Waals surface area contributed by atoms with Crippen LogP contribution in [0.3, 0.4) is 0 Å². The van der Waals surface area contributed by atoms with E-state index in [2.05, 4.69) is 50.3 Å². The van der Waals surface area contributed by atoms with Crippen molar-refractivity contribution in [1.29, 1.82) is 0 Å². The van der Waals surface area contributed by atoms with E-state index >= 15 is 0 Å². The second-order valence-corrected chi connectivity index (χ2v) is 6.13. The van der Waals surface area contributed by atoms with Gasteiger partial charge in [-0.2, -0.15) is 0 Å². The number of rotatable bonds is 7. The summed E-state index contributed by atoms with van der Waals surface area (Å²) in [6.07, 6.45) is 7.52. The van der Waals surface area contributed by atoms with Gasteiger partial charge in [-0.1, -0.05) is 58.4 Å². The van der Waals surface area contributed by atoms with E-state index in [-0.39, 0.29) is 0 Å². The topological polar surface area (TPSA) is 45.2 Å². The zero-order valence-electron chi connectivity index (χ0n) is 19.7. The molecule has 0 aromatic carbocycles. The molecule has 1 rings (SSSR count). The van der Waals surface area contributed by atoms with Crippen molar-refractivity contribution in [2.75, 3.05) is 0 Å². The molecule has 156 valence electrons. The summed E-state index contributed by atoms with van der Waals surface area (Å²) in [5.41, 5.74) is 8.20. The Balaban J connectivity index is 0. The largest absolute Gasteiger partial charge is 0.361 e. The third kappa shape index (κ3) is 9.50. The van der Waals surface area contributed by atoms with Crippen LogP contribution < -0.4 is 0 Å². The minimum atomic E-state index is 0.599. The summed E-state index contributed by atoms with van der Waals surface area (Å²) in [4.78, 5) is 18.2. The fourth-order valence-corrected chi connectivity index (χ4v) is 2.11. The Morgan fingerprint density at radius 1 is 1.11 bits per heavy atom. The molecular weight excluding hydrogens is 344 g/mol. The molecule has 1 N–H and O–H groups in total. The molecule has 0 fully saturated rings. The second-order valence-electron chi connectivity index (χ2n) is 6.13. The van der Waals surface area contributed by atoms with Gasteiger partial charge in [0.15, 0.2) is 0 Å². The standard InChI is InChI=1S/C21H28N2O.2C2H6/c1-8-15(3)16(4)9-17(5)18(6)21-10-20(12-23-21)19(7)22-11-14(2)13-24;2*1-2/h9-13,23H,6,8H2,1-5,7H3;2*1-2H3/b14-11+,16-15+,17-9+,22-19?;;. The van der Waals surface area contributed by atoms with Gasteiger partial charge in [-0.05, 0) is 58.3 Å². The number of carbonyl (C=O) groups excluding carboxylic acids is 1. The maximum atomic E-state index is 10.6. The zero-order chi connectivity index (χ0) is 22.3. The summed E-state index contributed by atoms with van der Waals surface area (Å²) in [6, 6.07) is 2.04. The van der Waals surface area contributed by atoms with Gasteiger partial charge >= 0.3 is 0 Å². The Morgan fingerprint density at radius 3 is 2.18 bits per heavy atom. The Bertz CT molecular complexity index is 740. The lowest BCUT2D eigenvalue weighted by atomic mass is 10.0. The number of hydrogen-bond donors (Lipinski definition) is 1. The average Bonchev–Trinajstić information content (AvgIpc) is 3.23. The minimum Gasteiger partial charge on any atom is -0.361 e. The highest BCUT2D eigenvalue weighted by Crippen LogP contribution is 2.23. The fourth-order valence-electron chi connectivity index (χ4n) is 2.11. The molecule has 0 aliphatic carbocycles. The van der Waals surface area contributed by atoms with E-state index in [0.717, 1.165) is 40.8 Å². The van der Waals surface area contributed by atoms with Crippen LogP contribution in [0.4, 0.5) is 0 Å². The van der Waals surface area contributed by atoms with E-state index in [4.69, 9.17) is 0 Å². The average molecular weight is 385 g/mol. The number of nitrogens with one attached hydrogen (secondary N) is 1. The summed E-state index contributed by atoms with van der Waals surface area (Å²) >= 11 is 0. The highest BCUT2D eigenvalue weighted by molar-refractivity contribution is 6.00. The second kappa shape index (κ2) is 15.6. The van der Waals surface area contributed by atoms with Crippen LogP contribution in [0.25, 0.3) is 5.57 Å². The molecule has 0 saturated heterocycles. The maximum Gasteiger partial charge on any atom is 0.147 e.